The third-order valence-electron chi connectivity index (χ3n) is 3.66. The highest BCUT2D eigenvalue weighted by Crippen LogP contribution is 2.23. The van der Waals surface area contributed by atoms with Crippen LogP contribution >= 0.6 is 0 Å². The highest BCUT2D eigenvalue weighted by atomic mass is 16.5. The van der Waals surface area contributed by atoms with Crippen LogP contribution in [0.3, 0.4) is 0 Å². The summed E-state index contributed by atoms with van der Waals surface area (Å²) >= 11 is 0. The third-order valence-corrected chi connectivity index (χ3v) is 3.66. The van der Waals surface area contributed by atoms with E-state index in [2.05, 4.69) is 0 Å². The second-order valence-corrected chi connectivity index (χ2v) is 5.40. The number of rotatable bonds is 7. The van der Waals surface area contributed by atoms with Crippen molar-refractivity contribution in [3.8, 4) is 5.75 Å². The fourth-order valence-corrected chi connectivity index (χ4v) is 2.38. The van der Waals surface area contributed by atoms with E-state index in [1.807, 2.05) is 62.4 Å². The monoisotopic (exact) mass is 324 g/mol. The molecule has 0 heterocycles. The summed E-state index contributed by atoms with van der Waals surface area (Å²) in [7, 11) is 0. The second-order valence-electron chi connectivity index (χ2n) is 5.40. The van der Waals surface area contributed by atoms with Gasteiger partial charge in [-0.3, -0.25) is 4.79 Å². The first-order valence-corrected chi connectivity index (χ1v) is 8.17. The maximum absolute atomic E-state index is 12.4. The van der Waals surface area contributed by atoms with E-state index in [0.29, 0.717) is 31.1 Å². The van der Waals surface area contributed by atoms with E-state index in [0.717, 1.165) is 11.1 Å². The lowest BCUT2D eigenvalue weighted by Crippen LogP contribution is -2.28. The molecule has 0 radical (unpaired) electrons. The molecule has 0 aromatic heterocycles. The molecule has 0 aliphatic rings. The Kier molecular flexibility index (Phi) is 6.43. The number of nitrogens with two attached hydrogens (primary N) is 1. The van der Waals surface area contributed by atoms with Crippen molar-refractivity contribution in [1.29, 1.82) is 0 Å². The number of benzene rings is 2. The average molecular weight is 324 g/mol. The minimum atomic E-state index is -0.0196. The van der Waals surface area contributed by atoms with Crippen molar-refractivity contribution in [3.63, 3.8) is 0 Å². The molecule has 4 heteroatoms. The summed E-state index contributed by atoms with van der Waals surface area (Å²) in [6.07, 6.45) is 3.36. The number of amides is 1. The van der Waals surface area contributed by atoms with Crippen LogP contribution in [0.2, 0.25) is 0 Å². The van der Waals surface area contributed by atoms with Gasteiger partial charge in [-0.2, -0.15) is 0 Å². The molecule has 0 fully saturated rings. The zero-order valence-corrected chi connectivity index (χ0v) is 14.2. The molecule has 0 unspecified atom stereocenters. The molecule has 0 aliphatic carbocycles. The molecule has 0 saturated carbocycles. The second kappa shape index (κ2) is 8.77. The molecule has 0 aliphatic heterocycles. The van der Waals surface area contributed by atoms with Crippen LogP contribution in [-0.4, -0.2) is 24.0 Å². The predicted octanol–water partition coefficient (Wildman–Crippen LogP) is 3.73. The first-order chi connectivity index (χ1) is 11.6. The van der Waals surface area contributed by atoms with Gasteiger partial charge in [0.2, 0.25) is 5.91 Å². The predicted molar refractivity (Wildman–Crippen MR) is 98.6 cm³/mol. The Balaban J connectivity index is 2.04. The Morgan fingerprint density at radius 1 is 1.17 bits per heavy atom. The van der Waals surface area contributed by atoms with Crippen LogP contribution in [0, 0.1) is 0 Å². The van der Waals surface area contributed by atoms with Gasteiger partial charge in [0.15, 0.2) is 0 Å². The first kappa shape index (κ1) is 17.6. The van der Waals surface area contributed by atoms with E-state index in [1.165, 1.54) is 0 Å². The highest BCUT2D eigenvalue weighted by Gasteiger charge is 2.09. The molecular formula is C20H24N2O2. The number of nitrogens with zero attached hydrogens (tertiary/aromatic N) is 1. The molecule has 126 valence electrons. The van der Waals surface area contributed by atoms with Crippen molar-refractivity contribution >= 4 is 17.7 Å². The number of ether oxygens (including phenoxy) is 1. The molecule has 0 atom stereocenters. The fourth-order valence-electron chi connectivity index (χ4n) is 2.38. The van der Waals surface area contributed by atoms with Gasteiger partial charge in [0.25, 0.3) is 0 Å². The van der Waals surface area contributed by atoms with Gasteiger partial charge in [0, 0.05) is 19.2 Å². The standard InChI is InChI=1S/C20H24N2O2/c1-3-22(15-17-8-6-5-7-9-17)20(23)13-11-16-10-12-19(24-4-2)18(21)14-16/h5-14H,3-4,15,21H2,1-2H3/b13-11-. The number of carbonyl (C=O) groups is 1. The third kappa shape index (κ3) is 4.88. The molecule has 2 N–H and O–H groups in total. The Bertz CT molecular complexity index is 696. The van der Waals surface area contributed by atoms with Crippen molar-refractivity contribution in [1.82, 2.24) is 4.90 Å². The number of hydrogen-bond donors (Lipinski definition) is 1. The summed E-state index contributed by atoms with van der Waals surface area (Å²) in [4.78, 5) is 14.2. The van der Waals surface area contributed by atoms with Crippen LogP contribution in [0.4, 0.5) is 5.69 Å². The van der Waals surface area contributed by atoms with E-state index in [1.54, 1.807) is 17.1 Å². The lowest BCUT2D eigenvalue weighted by molar-refractivity contribution is -0.126. The van der Waals surface area contributed by atoms with E-state index >= 15 is 0 Å². The lowest BCUT2D eigenvalue weighted by Gasteiger charge is -2.19. The van der Waals surface area contributed by atoms with Gasteiger partial charge in [-0.15, -0.1) is 0 Å². The van der Waals surface area contributed by atoms with E-state index in [-0.39, 0.29) is 5.91 Å². The van der Waals surface area contributed by atoms with Gasteiger partial charge in [0.1, 0.15) is 5.75 Å². The van der Waals surface area contributed by atoms with E-state index in [9.17, 15) is 4.79 Å². The molecule has 2 rings (SSSR count). The topological polar surface area (TPSA) is 55.6 Å². The molecule has 2 aromatic rings. The SMILES string of the molecule is CCOc1ccc(/C=C\C(=O)N(CC)Cc2ccccc2)cc1N. The van der Waals surface area contributed by atoms with Gasteiger partial charge in [-0.1, -0.05) is 36.4 Å². The molecule has 4 nitrogen and oxygen atoms in total. The Hall–Kier alpha value is -2.75. The van der Waals surface area contributed by atoms with Crippen LogP contribution < -0.4 is 10.5 Å². The van der Waals surface area contributed by atoms with Crippen LogP contribution in [0.1, 0.15) is 25.0 Å². The molecule has 0 spiro atoms. The lowest BCUT2D eigenvalue weighted by atomic mass is 10.1. The zero-order chi connectivity index (χ0) is 17.4. The van der Waals surface area contributed by atoms with Gasteiger partial charge >= 0.3 is 0 Å². The normalized spacial score (nSPS) is 10.8. The summed E-state index contributed by atoms with van der Waals surface area (Å²) in [6, 6.07) is 15.5. The summed E-state index contributed by atoms with van der Waals surface area (Å²) in [5.74, 6) is 0.647. The fraction of sp³-hybridized carbons (Fsp3) is 0.250. The molecular weight excluding hydrogens is 300 g/mol. The van der Waals surface area contributed by atoms with Crippen LogP contribution in [0.5, 0.6) is 5.75 Å². The van der Waals surface area contributed by atoms with E-state index in [4.69, 9.17) is 10.5 Å². The van der Waals surface area contributed by atoms with Crippen LogP contribution in [0.15, 0.2) is 54.6 Å². The largest absolute Gasteiger partial charge is 0.492 e. The highest BCUT2D eigenvalue weighted by molar-refractivity contribution is 5.92. The number of anilines is 1. The van der Waals surface area contributed by atoms with Crippen molar-refractivity contribution in [2.45, 2.75) is 20.4 Å². The number of carbonyl (C=O) groups excluding carboxylic acids is 1. The number of likely N-dealkylation sites (N-methyl/N-ethyl adjacent to an activating group) is 1. The van der Waals surface area contributed by atoms with Crippen molar-refractivity contribution in [3.05, 3.63) is 65.7 Å². The van der Waals surface area contributed by atoms with Crippen molar-refractivity contribution in [2.75, 3.05) is 18.9 Å². The Labute approximate surface area is 143 Å². The minimum absolute atomic E-state index is 0.0196. The number of hydrogen-bond acceptors (Lipinski definition) is 3. The Morgan fingerprint density at radius 2 is 1.92 bits per heavy atom. The summed E-state index contributed by atoms with van der Waals surface area (Å²) in [5.41, 5.74) is 8.51. The first-order valence-electron chi connectivity index (χ1n) is 8.17. The molecule has 0 bridgehead atoms. The summed E-state index contributed by atoms with van der Waals surface area (Å²) in [5, 5.41) is 0. The summed E-state index contributed by atoms with van der Waals surface area (Å²) < 4.78 is 5.41. The molecule has 1 amide bonds. The van der Waals surface area contributed by atoms with Gasteiger partial charge < -0.3 is 15.4 Å². The van der Waals surface area contributed by atoms with Crippen LogP contribution in [-0.2, 0) is 11.3 Å². The molecule has 0 saturated heterocycles. The van der Waals surface area contributed by atoms with Gasteiger partial charge in [-0.05, 0) is 43.2 Å². The van der Waals surface area contributed by atoms with Crippen LogP contribution in [0.25, 0.3) is 6.08 Å². The quantitative estimate of drug-likeness (QED) is 0.624. The molecule has 2 aromatic carbocycles. The average Bonchev–Trinajstić information content (AvgIpc) is 2.60. The van der Waals surface area contributed by atoms with Crippen molar-refractivity contribution in [2.24, 2.45) is 0 Å². The summed E-state index contributed by atoms with van der Waals surface area (Å²) in [6.45, 7) is 5.72. The maximum atomic E-state index is 12.4. The molecule has 24 heavy (non-hydrogen) atoms. The Morgan fingerprint density at radius 3 is 2.54 bits per heavy atom. The maximum Gasteiger partial charge on any atom is 0.246 e. The zero-order valence-electron chi connectivity index (χ0n) is 14.2. The number of nitrogen functional groups attached to an aromatic ring is 1. The minimum Gasteiger partial charge on any atom is -0.492 e. The smallest absolute Gasteiger partial charge is 0.246 e. The van der Waals surface area contributed by atoms with E-state index < -0.39 is 0 Å². The van der Waals surface area contributed by atoms with Gasteiger partial charge in [-0.25, -0.2) is 0 Å². The van der Waals surface area contributed by atoms with Crippen molar-refractivity contribution < 1.29 is 9.53 Å². The van der Waals surface area contributed by atoms with Gasteiger partial charge in [0.05, 0.1) is 12.3 Å².